The van der Waals surface area contributed by atoms with Gasteiger partial charge in [0.05, 0.1) is 6.61 Å². The zero-order valence-electron chi connectivity index (χ0n) is 27.6. The summed E-state index contributed by atoms with van der Waals surface area (Å²) in [6.45, 7) is 2.76. The van der Waals surface area contributed by atoms with Crippen molar-refractivity contribution in [3.05, 3.63) is 36.5 Å². The summed E-state index contributed by atoms with van der Waals surface area (Å²) in [7, 11) is 0. The number of carbonyl (C=O) groups is 2. The van der Waals surface area contributed by atoms with E-state index in [1.54, 1.807) is 0 Å². The summed E-state index contributed by atoms with van der Waals surface area (Å²) in [5.74, 6) is -0.675. The molecule has 42 heavy (non-hydrogen) atoms. The van der Waals surface area contributed by atoms with Crippen LogP contribution in [0.2, 0.25) is 0 Å². The standard InChI is InChI=1S/C38H68O4/c1-2-3-4-5-6-7-8-9-13-17-20-23-26-29-32-35-38(41)42-36-33-30-27-24-21-18-15-12-10-11-14-16-19-22-25-28-31-34-37(39)40/h3-4,6-7,9,13H,2,5,8,10-12,14-36H2,1H3,(H,39,40)/b4-3-,7-6-,13-9-. The number of rotatable bonds is 33. The lowest BCUT2D eigenvalue weighted by Crippen LogP contribution is -2.05. The van der Waals surface area contributed by atoms with E-state index in [-0.39, 0.29) is 5.97 Å². The number of carboxylic acid groups (broad SMARTS) is 1. The Bertz CT molecular complexity index is 664. The quantitative estimate of drug-likeness (QED) is 0.0470. The fourth-order valence-corrected chi connectivity index (χ4v) is 5.18. The van der Waals surface area contributed by atoms with E-state index in [0.717, 1.165) is 57.8 Å². The van der Waals surface area contributed by atoms with Crippen molar-refractivity contribution in [3.63, 3.8) is 0 Å². The second-order valence-electron chi connectivity index (χ2n) is 12.0. The molecule has 0 aliphatic carbocycles. The van der Waals surface area contributed by atoms with Crippen LogP contribution in [0.5, 0.6) is 0 Å². The monoisotopic (exact) mass is 589 g/mol. The summed E-state index contributed by atoms with van der Waals surface area (Å²) in [6.07, 6.45) is 45.8. The highest BCUT2D eigenvalue weighted by Crippen LogP contribution is 2.15. The minimum atomic E-state index is -0.665. The highest BCUT2D eigenvalue weighted by molar-refractivity contribution is 5.69. The van der Waals surface area contributed by atoms with E-state index in [1.165, 1.54) is 109 Å². The molecule has 1 N–H and O–H groups in total. The fraction of sp³-hybridized carbons (Fsp3) is 0.789. The lowest BCUT2D eigenvalue weighted by atomic mass is 10.0. The van der Waals surface area contributed by atoms with E-state index in [4.69, 9.17) is 9.84 Å². The van der Waals surface area contributed by atoms with Crippen molar-refractivity contribution in [3.8, 4) is 0 Å². The van der Waals surface area contributed by atoms with Crippen molar-refractivity contribution in [2.45, 2.75) is 187 Å². The molecule has 4 nitrogen and oxygen atoms in total. The molecule has 0 spiro atoms. The molecule has 0 aromatic heterocycles. The Hall–Kier alpha value is -1.84. The Morgan fingerprint density at radius 2 is 0.857 bits per heavy atom. The normalized spacial score (nSPS) is 11.8. The molecule has 0 saturated heterocycles. The summed E-state index contributed by atoms with van der Waals surface area (Å²) in [5.41, 5.74) is 0. The number of allylic oxidation sites excluding steroid dienone is 6. The average Bonchev–Trinajstić information content (AvgIpc) is 2.98. The molecule has 0 atom stereocenters. The van der Waals surface area contributed by atoms with Gasteiger partial charge in [0.25, 0.3) is 0 Å². The summed E-state index contributed by atoms with van der Waals surface area (Å²) in [4.78, 5) is 22.4. The van der Waals surface area contributed by atoms with E-state index < -0.39 is 5.97 Å². The summed E-state index contributed by atoms with van der Waals surface area (Å²) < 4.78 is 5.42. The van der Waals surface area contributed by atoms with Crippen LogP contribution in [0.4, 0.5) is 0 Å². The molecule has 0 amide bonds. The van der Waals surface area contributed by atoms with E-state index in [2.05, 4.69) is 43.4 Å². The number of hydrogen-bond acceptors (Lipinski definition) is 3. The molecule has 0 radical (unpaired) electrons. The third-order valence-electron chi connectivity index (χ3n) is 7.83. The molecule has 4 heteroatoms. The number of aliphatic carboxylic acids is 1. The topological polar surface area (TPSA) is 63.6 Å². The maximum atomic E-state index is 11.9. The Labute approximate surface area is 260 Å². The minimum absolute atomic E-state index is 0.0100. The predicted molar refractivity (Wildman–Crippen MR) is 181 cm³/mol. The maximum Gasteiger partial charge on any atom is 0.305 e. The first-order valence-corrected chi connectivity index (χ1v) is 18.0. The highest BCUT2D eigenvalue weighted by atomic mass is 16.5. The van der Waals surface area contributed by atoms with Gasteiger partial charge in [0.15, 0.2) is 0 Å². The molecule has 0 heterocycles. The van der Waals surface area contributed by atoms with Gasteiger partial charge in [-0.15, -0.1) is 0 Å². The molecule has 0 aliphatic heterocycles. The van der Waals surface area contributed by atoms with Gasteiger partial charge in [-0.05, 0) is 51.4 Å². The highest BCUT2D eigenvalue weighted by Gasteiger charge is 2.02. The van der Waals surface area contributed by atoms with Crippen molar-refractivity contribution in [1.29, 1.82) is 0 Å². The number of carbonyl (C=O) groups excluding carboxylic acids is 1. The largest absolute Gasteiger partial charge is 0.481 e. The SMILES string of the molecule is CC/C=C\C/C=C\C/C=C\CCCCCCCC(=O)OCCCCCCCCCCCCCCCCCCCC(=O)O. The van der Waals surface area contributed by atoms with Gasteiger partial charge in [-0.1, -0.05) is 159 Å². The van der Waals surface area contributed by atoms with E-state index in [0.29, 0.717) is 19.4 Å². The average molecular weight is 589 g/mol. The molecular formula is C38H68O4. The van der Waals surface area contributed by atoms with Gasteiger partial charge in [0.1, 0.15) is 0 Å². The maximum absolute atomic E-state index is 11.9. The van der Waals surface area contributed by atoms with Gasteiger partial charge in [-0.2, -0.15) is 0 Å². The first-order valence-electron chi connectivity index (χ1n) is 18.0. The van der Waals surface area contributed by atoms with Crippen molar-refractivity contribution in [1.82, 2.24) is 0 Å². The Morgan fingerprint density at radius 3 is 1.33 bits per heavy atom. The van der Waals surface area contributed by atoms with Crippen LogP contribution >= 0.6 is 0 Å². The second-order valence-corrected chi connectivity index (χ2v) is 12.0. The molecule has 0 bridgehead atoms. The number of unbranched alkanes of at least 4 members (excludes halogenated alkanes) is 21. The number of ether oxygens (including phenoxy) is 1. The van der Waals surface area contributed by atoms with Crippen LogP contribution in [0.15, 0.2) is 36.5 Å². The van der Waals surface area contributed by atoms with Crippen molar-refractivity contribution in [2.75, 3.05) is 6.61 Å². The fourth-order valence-electron chi connectivity index (χ4n) is 5.18. The lowest BCUT2D eigenvalue weighted by Gasteiger charge is -2.05. The Morgan fingerprint density at radius 1 is 0.476 bits per heavy atom. The third-order valence-corrected chi connectivity index (χ3v) is 7.83. The minimum Gasteiger partial charge on any atom is -0.481 e. The molecule has 0 rings (SSSR count). The molecule has 244 valence electrons. The smallest absolute Gasteiger partial charge is 0.305 e. The van der Waals surface area contributed by atoms with Crippen LogP contribution in [0.1, 0.15) is 187 Å². The van der Waals surface area contributed by atoms with E-state index in [9.17, 15) is 9.59 Å². The summed E-state index contributed by atoms with van der Waals surface area (Å²) >= 11 is 0. The van der Waals surface area contributed by atoms with E-state index in [1.807, 2.05) is 0 Å². The first-order chi connectivity index (χ1) is 20.7. The van der Waals surface area contributed by atoms with E-state index >= 15 is 0 Å². The summed E-state index contributed by atoms with van der Waals surface area (Å²) in [6, 6.07) is 0. The Kier molecular flexibility index (Phi) is 33.8. The zero-order chi connectivity index (χ0) is 30.6. The first kappa shape index (κ1) is 40.2. The van der Waals surface area contributed by atoms with Gasteiger partial charge in [0.2, 0.25) is 0 Å². The van der Waals surface area contributed by atoms with Gasteiger partial charge < -0.3 is 9.84 Å². The number of carboxylic acids is 1. The molecule has 0 fully saturated rings. The molecular weight excluding hydrogens is 520 g/mol. The number of hydrogen-bond donors (Lipinski definition) is 1. The number of esters is 1. The van der Waals surface area contributed by atoms with Crippen molar-refractivity contribution < 1.29 is 19.4 Å². The van der Waals surface area contributed by atoms with Crippen LogP contribution in [0, 0.1) is 0 Å². The van der Waals surface area contributed by atoms with Crippen molar-refractivity contribution >= 4 is 11.9 Å². The summed E-state index contributed by atoms with van der Waals surface area (Å²) in [5, 5.41) is 8.63. The molecule has 0 aromatic carbocycles. The van der Waals surface area contributed by atoms with Crippen molar-refractivity contribution in [2.24, 2.45) is 0 Å². The molecule has 0 saturated carbocycles. The van der Waals surface area contributed by atoms with Crippen LogP contribution in [0.3, 0.4) is 0 Å². The molecule has 0 aliphatic rings. The van der Waals surface area contributed by atoms with Gasteiger partial charge in [0, 0.05) is 12.8 Å². The Balaban J connectivity index is 3.22. The molecule has 0 unspecified atom stereocenters. The predicted octanol–water partition coefficient (Wildman–Crippen LogP) is 12.2. The van der Waals surface area contributed by atoms with Crippen LogP contribution < -0.4 is 0 Å². The molecule has 0 aromatic rings. The van der Waals surface area contributed by atoms with Crippen LogP contribution in [-0.4, -0.2) is 23.7 Å². The zero-order valence-corrected chi connectivity index (χ0v) is 27.6. The van der Waals surface area contributed by atoms with Crippen LogP contribution in [-0.2, 0) is 14.3 Å². The van der Waals surface area contributed by atoms with Gasteiger partial charge in [-0.3, -0.25) is 9.59 Å². The third kappa shape index (κ3) is 36.2. The lowest BCUT2D eigenvalue weighted by molar-refractivity contribution is -0.144. The van der Waals surface area contributed by atoms with Crippen LogP contribution in [0.25, 0.3) is 0 Å². The second kappa shape index (κ2) is 35.4. The van der Waals surface area contributed by atoms with Gasteiger partial charge in [-0.25, -0.2) is 0 Å². The van der Waals surface area contributed by atoms with Gasteiger partial charge >= 0.3 is 11.9 Å².